The van der Waals surface area contributed by atoms with Gasteiger partial charge in [0, 0.05) is 6.08 Å². The number of benzene rings is 2. The molecule has 3 rings (SSSR count). The van der Waals surface area contributed by atoms with Crippen LogP contribution in [0, 0.1) is 0 Å². The number of sulfone groups is 1. The van der Waals surface area contributed by atoms with Crippen LogP contribution >= 0.6 is 0 Å². The van der Waals surface area contributed by atoms with Crippen molar-refractivity contribution in [2.24, 2.45) is 0 Å². The molecule has 3 aromatic rings. The highest BCUT2D eigenvalue weighted by molar-refractivity contribution is 7.91. The van der Waals surface area contributed by atoms with Gasteiger partial charge in [-0.25, -0.2) is 13.4 Å². The molecule has 0 aliphatic heterocycles. The summed E-state index contributed by atoms with van der Waals surface area (Å²) in [5.74, 6) is 1.80. The van der Waals surface area contributed by atoms with Gasteiger partial charge >= 0.3 is 0 Å². The monoisotopic (exact) mass is 401 g/mol. The number of rotatable bonds is 8. The molecule has 6 nitrogen and oxygen atoms in total. The highest BCUT2D eigenvalue weighted by atomic mass is 32.2. The lowest BCUT2D eigenvalue weighted by molar-refractivity contribution is 0.294. The fourth-order valence-electron chi connectivity index (χ4n) is 2.64. The Labute approximate surface area is 164 Å². The summed E-state index contributed by atoms with van der Waals surface area (Å²) in [6.07, 6.45) is 4.50. The molecule has 0 fully saturated rings. The topological polar surface area (TPSA) is 78.6 Å². The van der Waals surface area contributed by atoms with E-state index in [1.54, 1.807) is 32.2 Å². The molecule has 0 amide bonds. The van der Waals surface area contributed by atoms with E-state index >= 15 is 0 Å². The summed E-state index contributed by atoms with van der Waals surface area (Å²) in [4.78, 5) is 4.61. The van der Waals surface area contributed by atoms with E-state index in [1.165, 1.54) is 6.07 Å². The van der Waals surface area contributed by atoms with Gasteiger partial charge < -0.3 is 13.9 Å². The highest BCUT2D eigenvalue weighted by Gasteiger charge is 2.14. The molecule has 28 heavy (non-hydrogen) atoms. The Balaban J connectivity index is 1.85. The molecule has 0 atom stereocenters. The highest BCUT2D eigenvalue weighted by Crippen LogP contribution is 2.29. The van der Waals surface area contributed by atoms with E-state index in [9.17, 15) is 8.42 Å². The second-order valence-corrected chi connectivity index (χ2v) is 8.46. The Morgan fingerprint density at radius 2 is 1.89 bits per heavy atom. The summed E-state index contributed by atoms with van der Waals surface area (Å²) in [6.45, 7) is 4.29. The van der Waals surface area contributed by atoms with Crippen molar-refractivity contribution >= 4 is 33.1 Å². The van der Waals surface area contributed by atoms with Crippen LogP contribution in [0.25, 0.3) is 23.3 Å². The molecule has 148 valence electrons. The second kappa shape index (κ2) is 8.48. The van der Waals surface area contributed by atoms with Crippen molar-refractivity contribution in [2.45, 2.75) is 25.2 Å². The van der Waals surface area contributed by atoms with Gasteiger partial charge in [-0.2, -0.15) is 0 Å². The third-order valence-electron chi connectivity index (χ3n) is 4.18. The molecule has 1 aromatic heterocycles. The summed E-state index contributed by atoms with van der Waals surface area (Å²) in [5.41, 5.74) is 1.95. The number of hydrogen-bond donors (Lipinski definition) is 0. The minimum Gasteiger partial charge on any atom is -0.493 e. The van der Waals surface area contributed by atoms with Crippen molar-refractivity contribution in [3.63, 3.8) is 0 Å². The number of ether oxygens (including phenoxy) is 2. The second-order valence-electron chi connectivity index (χ2n) is 6.18. The third kappa shape index (κ3) is 4.36. The van der Waals surface area contributed by atoms with Crippen LogP contribution in [0.5, 0.6) is 11.5 Å². The summed E-state index contributed by atoms with van der Waals surface area (Å²) in [6, 6.07) is 10.4. The first-order valence-electron chi connectivity index (χ1n) is 9.09. The molecule has 0 saturated carbocycles. The van der Waals surface area contributed by atoms with E-state index in [0.717, 1.165) is 12.0 Å². The van der Waals surface area contributed by atoms with E-state index in [-0.39, 0.29) is 10.6 Å². The molecule has 0 N–H and O–H groups in total. The Morgan fingerprint density at radius 1 is 1.07 bits per heavy atom. The molecule has 1 heterocycles. The summed E-state index contributed by atoms with van der Waals surface area (Å²) in [7, 11) is -1.68. The van der Waals surface area contributed by atoms with E-state index in [0.29, 0.717) is 35.1 Å². The van der Waals surface area contributed by atoms with Crippen LogP contribution in [0.2, 0.25) is 0 Å². The molecule has 0 aliphatic carbocycles. The molecule has 0 spiro atoms. The minimum absolute atomic E-state index is 0.0446. The zero-order chi connectivity index (χ0) is 20.1. The summed E-state index contributed by atoms with van der Waals surface area (Å²) < 4.78 is 40.8. The van der Waals surface area contributed by atoms with Crippen LogP contribution in [0.1, 0.15) is 31.7 Å². The Bertz CT molecular complexity index is 1100. The van der Waals surface area contributed by atoms with Crippen molar-refractivity contribution < 1.29 is 22.3 Å². The summed E-state index contributed by atoms with van der Waals surface area (Å²) in [5, 5.41) is 0. The van der Waals surface area contributed by atoms with Gasteiger partial charge in [0.1, 0.15) is 5.52 Å². The van der Waals surface area contributed by atoms with Crippen LogP contribution in [-0.4, -0.2) is 32.9 Å². The van der Waals surface area contributed by atoms with Crippen molar-refractivity contribution in [1.82, 2.24) is 4.98 Å². The largest absolute Gasteiger partial charge is 0.493 e. The van der Waals surface area contributed by atoms with Crippen molar-refractivity contribution in [3.05, 3.63) is 47.9 Å². The standard InChI is InChI=1S/C21H23NO5S/c1-4-12-26-19-9-6-15(13-20(19)25-3)7-11-21-22-17-14-16(28(23,24)5-2)8-10-18(17)27-21/h6-11,13-14H,4-5,12H2,1-3H3/b11-7+. The maximum atomic E-state index is 12.0. The number of nitrogens with zero attached hydrogens (tertiary/aromatic N) is 1. The normalized spacial score (nSPS) is 12.0. The van der Waals surface area contributed by atoms with E-state index in [2.05, 4.69) is 4.98 Å². The molecular formula is C21H23NO5S. The Hall–Kier alpha value is -2.80. The van der Waals surface area contributed by atoms with Crippen LogP contribution in [0.4, 0.5) is 0 Å². The van der Waals surface area contributed by atoms with Gasteiger partial charge in [-0.05, 0) is 48.4 Å². The number of fused-ring (bicyclic) bond motifs is 1. The van der Waals surface area contributed by atoms with Gasteiger partial charge in [-0.1, -0.05) is 19.9 Å². The van der Waals surface area contributed by atoms with Crippen molar-refractivity contribution in [2.75, 3.05) is 19.5 Å². The van der Waals surface area contributed by atoms with Gasteiger partial charge in [0.2, 0.25) is 5.89 Å². The smallest absolute Gasteiger partial charge is 0.220 e. The number of oxazole rings is 1. The third-order valence-corrected chi connectivity index (χ3v) is 5.91. The van der Waals surface area contributed by atoms with E-state index in [1.807, 2.05) is 31.2 Å². The van der Waals surface area contributed by atoms with Crippen LogP contribution in [-0.2, 0) is 9.84 Å². The SMILES string of the molecule is CCCOc1ccc(/C=C/c2nc3cc(S(=O)(=O)CC)ccc3o2)cc1OC. The van der Waals surface area contributed by atoms with Crippen LogP contribution in [0.15, 0.2) is 45.7 Å². The molecule has 2 aromatic carbocycles. The molecule has 0 saturated heterocycles. The maximum Gasteiger partial charge on any atom is 0.220 e. The first-order chi connectivity index (χ1) is 13.5. The van der Waals surface area contributed by atoms with Crippen molar-refractivity contribution in [3.8, 4) is 11.5 Å². The average Bonchev–Trinajstić information content (AvgIpc) is 3.13. The number of methoxy groups -OCH3 is 1. The molecular weight excluding hydrogens is 378 g/mol. The fraction of sp³-hybridized carbons (Fsp3) is 0.286. The molecule has 0 bridgehead atoms. The summed E-state index contributed by atoms with van der Waals surface area (Å²) >= 11 is 0. The van der Waals surface area contributed by atoms with Gasteiger partial charge in [0.15, 0.2) is 26.9 Å². The van der Waals surface area contributed by atoms with Crippen molar-refractivity contribution in [1.29, 1.82) is 0 Å². The fourth-order valence-corrected chi connectivity index (χ4v) is 3.54. The van der Waals surface area contributed by atoms with Crippen LogP contribution in [0.3, 0.4) is 0 Å². The van der Waals surface area contributed by atoms with Gasteiger partial charge in [-0.3, -0.25) is 0 Å². The first kappa shape index (κ1) is 19.9. The predicted octanol–water partition coefficient (Wildman–Crippen LogP) is 4.59. The molecule has 7 heteroatoms. The Kier molecular flexibility index (Phi) is 6.04. The number of hydrogen-bond acceptors (Lipinski definition) is 6. The number of aromatic nitrogens is 1. The lowest BCUT2D eigenvalue weighted by Gasteiger charge is -2.10. The zero-order valence-corrected chi connectivity index (χ0v) is 17.0. The van der Waals surface area contributed by atoms with E-state index < -0.39 is 9.84 Å². The zero-order valence-electron chi connectivity index (χ0n) is 16.1. The lowest BCUT2D eigenvalue weighted by atomic mass is 10.2. The maximum absolute atomic E-state index is 12.0. The van der Waals surface area contributed by atoms with E-state index in [4.69, 9.17) is 13.9 Å². The van der Waals surface area contributed by atoms with Gasteiger partial charge in [-0.15, -0.1) is 0 Å². The average molecular weight is 401 g/mol. The van der Waals surface area contributed by atoms with Gasteiger partial charge in [0.05, 0.1) is 24.4 Å². The predicted molar refractivity (Wildman–Crippen MR) is 109 cm³/mol. The lowest BCUT2D eigenvalue weighted by Crippen LogP contribution is -2.03. The van der Waals surface area contributed by atoms with Crippen LogP contribution < -0.4 is 9.47 Å². The Morgan fingerprint density at radius 3 is 2.61 bits per heavy atom. The molecule has 0 unspecified atom stereocenters. The quantitative estimate of drug-likeness (QED) is 0.549. The van der Waals surface area contributed by atoms with Gasteiger partial charge in [0.25, 0.3) is 0 Å². The molecule has 0 aliphatic rings. The molecule has 0 radical (unpaired) electrons. The first-order valence-corrected chi connectivity index (χ1v) is 10.7. The minimum atomic E-state index is -3.28.